The van der Waals surface area contributed by atoms with Gasteiger partial charge in [0.25, 0.3) is 0 Å². The number of thiophene rings is 1. The van der Waals surface area contributed by atoms with Crippen LogP contribution in [0.5, 0.6) is 0 Å². The number of rotatable bonds is 7. The van der Waals surface area contributed by atoms with Gasteiger partial charge in [-0.1, -0.05) is 39.0 Å². The molecule has 0 aliphatic heterocycles. The van der Waals surface area contributed by atoms with Gasteiger partial charge >= 0.3 is 0 Å². The van der Waals surface area contributed by atoms with E-state index in [1.54, 1.807) is 0 Å². The second-order valence-electron chi connectivity index (χ2n) is 5.57. The van der Waals surface area contributed by atoms with Gasteiger partial charge in [0, 0.05) is 10.8 Å². The predicted molar refractivity (Wildman–Crippen MR) is 79.4 cm³/mol. The van der Waals surface area contributed by atoms with Crippen molar-refractivity contribution in [3.8, 4) is 0 Å². The van der Waals surface area contributed by atoms with Crippen LogP contribution in [0.15, 0.2) is 11.4 Å². The van der Waals surface area contributed by atoms with E-state index in [0.29, 0.717) is 5.92 Å². The first-order valence-corrected chi connectivity index (χ1v) is 8.45. The fourth-order valence-corrected chi connectivity index (χ4v) is 4.08. The molecule has 1 aliphatic carbocycles. The number of unbranched alkanes of at least 4 members (excludes halogenated alkanes) is 4. The lowest BCUT2D eigenvalue weighted by Gasteiger charge is -2.27. The van der Waals surface area contributed by atoms with Gasteiger partial charge in [0.15, 0.2) is 0 Å². The molecule has 1 aromatic rings. The minimum atomic E-state index is -0.111. The number of aliphatic hydroxyl groups excluding tert-OH is 1. The Bertz CT molecular complexity index is 345. The maximum atomic E-state index is 10.4. The summed E-state index contributed by atoms with van der Waals surface area (Å²) in [5.41, 5.74) is 1.45. The van der Waals surface area contributed by atoms with Crippen LogP contribution in [0.1, 0.15) is 74.6 Å². The molecule has 0 aromatic carbocycles. The molecule has 1 heterocycles. The van der Waals surface area contributed by atoms with Crippen molar-refractivity contribution in [1.29, 1.82) is 0 Å². The van der Waals surface area contributed by atoms with E-state index in [4.69, 9.17) is 0 Å². The molecule has 1 nitrogen and oxygen atoms in total. The summed E-state index contributed by atoms with van der Waals surface area (Å²) in [4.78, 5) is 1.52. The van der Waals surface area contributed by atoms with Crippen molar-refractivity contribution in [1.82, 2.24) is 0 Å². The third-order valence-corrected chi connectivity index (χ3v) is 5.16. The van der Waals surface area contributed by atoms with E-state index in [1.165, 1.54) is 61.8 Å². The van der Waals surface area contributed by atoms with Crippen LogP contribution in [-0.2, 0) is 6.42 Å². The van der Waals surface area contributed by atoms with E-state index in [2.05, 4.69) is 18.4 Å². The maximum Gasteiger partial charge on any atom is 0.0609 e. The second-order valence-corrected chi connectivity index (χ2v) is 6.57. The molecule has 2 heteroatoms. The molecule has 2 unspecified atom stereocenters. The van der Waals surface area contributed by atoms with Crippen LogP contribution in [0.25, 0.3) is 0 Å². The van der Waals surface area contributed by atoms with Gasteiger partial charge in [-0.05, 0) is 42.7 Å². The van der Waals surface area contributed by atoms with E-state index < -0.39 is 0 Å². The van der Waals surface area contributed by atoms with E-state index in [9.17, 15) is 5.11 Å². The fourth-order valence-electron chi connectivity index (χ4n) is 3.08. The van der Waals surface area contributed by atoms with Crippen LogP contribution < -0.4 is 0 Å². The van der Waals surface area contributed by atoms with Gasteiger partial charge in [-0.3, -0.25) is 0 Å². The lowest BCUT2D eigenvalue weighted by Crippen LogP contribution is -2.21. The molecule has 2 rings (SSSR count). The third kappa shape index (κ3) is 3.58. The van der Waals surface area contributed by atoms with Gasteiger partial charge in [0.1, 0.15) is 0 Å². The first-order valence-electron chi connectivity index (χ1n) is 7.57. The van der Waals surface area contributed by atoms with E-state index in [1.807, 2.05) is 11.3 Å². The van der Waals surface area contributed by atoms with Crippen LogP contribution in [-0.4, -0.2) is 11.2 Å². The minimum absolute atomic E-state index is 0.111. The zero-order valence-electron chi connectivity index (χ0n) is 11.5. The molecule has 1 aliphatic rings. The molecule has 0 saturated carbocycles. The highest BCUT2D eigenvalue weighted by Crippen LogP contribution is 2.38. The Kier molecular flexibility index (Phi) is 5.71. The van der Waals surface area contributed by atoms with Gasteiger partial charge in [-0.15, -0.1) is 11.3 Å². The second kappa shape index (κ2) is 7.30. The Balaban J connectivity index is 1.78. The van der Waals surface area contributed by atoms with Crippen LogP contribution in [0.4, 0.5) is 0 Å². The van der Waals surface area contributed by atoms with E-state index >= 15 is 0 Å². The van der Waals surface area contributed by atoms with Gasteiger partial charge in [0.05, 0.1) is 6.10 Å². The highest BCUT2D eigenvalue weighted by atomic mass is 32.1. The van der Waals surface area contributed by atoms with Gasteiger partial charge in [0.2, 0.25) is 0 Å². The summed E-state index contributed by atoms with van der Waals surface area (Å²) in [7, 11) is 0. The molecule has 0 spiro atoms. The lowest BCUT2D eigenvalue weighted by atomic mass is 9.82. The molecule has 1 N–H and O–H groups in total. The molecule has 1 aromatic heterocycles. The number of hydrogen-bond donors (Lipinski definition) is 1. The number of fused-ring (bicyclic) bond motifs is 1. The zero-order chi connectivity index (χ0) is 12.8. The molecule has 0 fully saturated rings. The van der Waals surface area contributed by atoms with Crippen LogP contribution in [0.3, 0.4) is 0 Å². The monoisotopic (exact) mass is 266 g/mol. The van der Waals surface area contributed by atoms with Crippen molar-refractivity contribution >= 4 is 11.3 Å². The van der Waals surface area contributed by atoms with Crippen molar-refractivity contribution in [2.45, 2.75) is 76.7 Å². The van der Waals surface area contributed by atoms with E-state index in [-0.39, 0.29) is 6.10 Å². The Morgan fingerprint density at radius 1 is 1.33 bits per heavy atom. The molecular formula is C16H26OS. The largest absolute Gasteiger partial charge is 0.392 e. The first-order chi connectivity index (χ1) is 8.83. The molecule has 0 bridgehead atoms. The van der Waals surface area contributed by atoms with Crippen molar-refractivity contribution in [2.75, 3.05) is 0 Å². The summed E-state index contributed by atoms with van der Waals surface area (Å²) in [6, 6.07) is 2.24. The average molecular weight is 266 g/mol. The summed E-state index contributed by atoms with van der Waals surface area (Å²) < 4.78 is 0. The normalized spacial score (nSPS) is 20.7. The van der Waals surface area contributed by atoms with Crippen molar-refractivity contribution in [2.24, 2.45) is 0 Å². The summed E-state index contributed by atoms with van der Waals surface area (Å²) >= 11 is 1.87. The third-order valence-electron chi connectivity index (χ3n) is 4.17. The van der Waals surface area contributed by atoms with Crippen molar-refractivity contribution < 1.29 is 5.11 Å². The topological polar surface area (TPSA) is 20.2 Å². The number of hydrogen-bond acceptors (Lipinski definition) is 2. The van der Waals surface area contributed by atoms with E-state index in [0.717, 1.165) is 6.42 Å². The van der Waals surface area contributed by atoms with Crippen molar-refractivity contribution in [3.05, 3.63) is 21.9 Å². The van der Waals surface area contributed by atoms with Gasteiger partial charge < -0.3 is 5.11 Å². The quantitative estimate of drug-likeness (QED) is 0.697. The van der Waals surface area contributed by atoms with Crippen LogP contribution >= 0.6 is 11.3 Å². The summed E-state index contributed by atoms with van der Waals surface area (Å²) in [5.74, 6) is 0.422. The van der Waals surface area contributed by atoms with Crippen LogP contribution in [0.2, 0.25) is 0 Å². The molecule has 2 atom stereocenters. The molecule has 0 amide bonds. The highest BCUT2D eigenvalue weighted by Gasteiger charge is 2.26. The number of aliphatic hydroxyl groups is 1. The number of aryl methyl sites for hydroxylation is 1. The SMILES string of the molecule is CCCCCCCC(O)C1CCCc2sccc21. The molecular weight excluding hydrogens is 240 g/mol. The summed E-state index contributed by atoms with van der Waals surface area (Å²) in [5, 5.41) is 12.6. The predicted octanol–water partition coefficient (Wildman–Crippen LogP) is 4.89. The Hall–Kier alpha value is -0.340. The minimum Gasteiger partial charge on any atom is -0.392 e. The molecule has 0 radical (unpaired) electrons. The van der Waals surface area contributed by atoms with Gasteiger partial charge in [-0.25, -0.2) is 0 Å². The van der Waals surface area contributed by atoms with Gasteiger partial charge in [-0.2, -0.15) is 0 Å². The zero-order valence-corrected chi connectivity index (χ0v) is 12.3. The van der Waals surface area contributed by atoms with Crippen LogP contribution in [0, 0.1) is 0 Å². The molecule has 0 saturated heterocycles. The lowest BCUT2D eigenvalue weighted by molar-refractivity contribution is 0.122. The molecule has 102 valence electrons. The Labute approximate surface area is 115 Å². The van der Waals surface area contributed by atoms with Crippen molar-refractivity contribution in [3.63, 3.8) is 0 Å². The fraction of sp³-hybridized carbons (Fsp3) is 0.750. The Morgan fingerprint density at radius 2 is 2.17 bits per heavy atom. The summed E-state index contributed by atoms with van der Waals surface area (Å²) in [6.07, 6.45) is 11.0. The standard InChI is InChI=1S/C16H26OS/c1-2-3-4-5-6-9-15(17)13-8-7-10-16-14(13)11-12-18-16/h11-13,15,17H,2-10H2,1H3. The maximum absolute atomic E-state index is 10.4. The smallest absolute Gasteiger partial charge is 0.0609 e. The summed E-state index contributed by atoms with van der Waals surface area (Å²) in [6.45, 7) is 2.25. The Morgan fingerprint density at radius 3 is 3.00 bits per heavy atom. The highest BCUT2D eigenvalue weighted by molar-refractivity contribution is 7.10. The first kappa shape index (κ1) is 14.1. The molecule has 18 heavy (non-hydrogen) atoms. The average Bonchev–Trinajstić information content (AvgIpc) is 2.86.